The molecular weight excluding hydrogens is 270 g/mol. The fourth-order valence-corrected chi connectivity index (χ4v) is 1.78. The van der Waals surface area contributed by atoms with Gasteiger partial charge < -0.3 is 5.32 Å². The molecule has 7 heteroatoms. The third kappa shape index (κ3) is 3.72. The van der Waals surface area contributed by atoms with Gasteiger partial charge in [0.15, 0.2) is 0 Å². The molecule has 0 aliphatic heterocycles. The quantitative estimate of drug-likeness (QED) is 0.645. The van der Waals surface area contributed by atoms with E-state index < -0.39 is 33.7 Å². The first-order chi connectivity index (χ1) is 9.40. The fourth-order valence-electron chi connectivity index (χ4n) is 1.78. The van der Waals surface area contributed by atoms with Gasteiger partial charge in [-0.3, -0.25) is 14.9 Å². The van der Waals surface area contributed by atoms with E-state index >= 15 is 0 Å². The first kappa shape index (κ1) is 16.0. The van der Waals surface area contributed by atoms with Gasteiger partial charge in [-0.05, 0) is 12.0 Å². The highest BCUT2D eigenvalue weighted by Crippen LogP contribution is 2.22. The van der Waals surface area contributed by atoms with E-state index in [1.165, 1.54) is 0 Å². The number of amides is 1. The van der Waals surface area contributed by atoms with Crippen LogP contribution in [0.4, 0.5) is 14.5 Å². The monoisotopic (exact) mass is 286 g/mol. The highest BCUT2D eigenvalue weighted by Gasteiger charge is 2.24. The predicted octanol–water partition coefficient (Wildman–Crippen LogP) is 3.04. The molecule has 0 fully saturated rings. The van der Waals surface area contributed by atoms with Crippen LogP contribution in [0.5, 0.6) is 0 Å². The molecule has 0 aromatic heterocycles. The van der Waals surface area contributed by atoms with Gasteiger partial charge >= 0.3 is 5.69 Å². The average Bonchev–Trinajstić information content (AvgIpc) is 2.41. The van der Waals surface area contributed by atoms with Crippen molar-refractivity contribution in [3.05, 3.63) is 39.4 Å². The molecule has 5 nitrogen and oxygen atoms in total. The first-order valence-corrected chi connectivity index (χ1v) is 6.32. The van der Waals surface area contributed by atoms with Crippen LogP contribution < -0.4 is 5.32 Å². The van der Waals surface area contributed by atoms with Crippen molar-refractivity contribution in [1.82, 2.24) is 5.32 Å². The van der Waals surface area contributed by atoms with E-state index in [1.54, 1.807) is 0 Å². The summed E-state index contributed by atoms with van der Waals surface area (Å²) >= 11 is 0. The Morgan fingerprint density at radius 3 is 2.45 bits per heavy atom. The summed E-state index contributed by atoms with van der Waals surface area (Å²) in [5.74, 6) is -2.97. The van der Waals surface area contributed by atoms with Crippen molar-refractivity contribution in [1.29, 1.82) is 0 Å². The summed E-state index contributed by atoms with van der Waals surface area (Å²) in [6.45, 7) is 4.22. The lowest BCUT2D eigenvalue weighted by molar-refractivity contribution is -0.387. The second-order valence-electron chi connectivity index (χ2n) is 4.44. The summed E-state index contributed by atoms with van der Waals surface area (Å²) in [7, 11) is 0. The highest BCUT2D eigenvalue weighted by molar-refractivity contribution is 5.95. The number of carbonyl (C=O) groups is 1. The standard InChI is InChI=1S/C13H16F2N2O3/c1-3-8(4-2)7-16-13(18)10-5-9(14)6-11(12(10)15)17(19)20/h5-6,8H,3-4,7H2,1-2H3,(H,16,18). The Labute approximate surface area is 115 Å². The number of benzene rings is 1. The molecule has 0 unspecified atom stereocenters. The van der Waals surface area contributed by atoms with Gasteiger partial charge in [0.2, 0.25) is 5.82 Å². The maximum absolute atomic E-state index is 13.8. The van der Waals surface area contributed by atoms with E-state index in [0.717, 1.165) is 12.8 Å². The molecule has 1 aromatic carbocycles. The number of nitrogens with zero attached hydrogens (tertiary/aromatic N) is 1. The van der Waals surface area contributed by atoms with Crippen LogP contribution in [0, 0.1) is 27.7 Å². The van der Waals surface area contributed by atoms with Gasteiger partial charge in [0.25, 0.3) is 5.91 Å². The van der Waals surface area contributed by atoms with Crippen molar-refractivity contribution in [3.63, 3.8) is 0 Å². The lowest BCUT2D eigenvalue weighted by Gasteiger charge is -2.13. The van der Waals surface area contributed by atoms with Gasteiger partial charge in [0.05, 0.1) is 16.6 Å². The Balaban J connectivity index is 2.96. The number of hydrogen-bond acceptors (Lipinski definition) is 3. The molecule has 20 heavy (non-hydrogen) atoms. The largest absolute Gasteiger partial charge is 0.352 e. The van der Waals surface area contributed by atoms with Gasteiger partial charge in [0, 0.05) is 6.54 Å². The second kappa shape index (κ2) is 6.93. The topological polar surface area (TPSA) is 72.2 Å². The molecule has 0 aliphatic carbocycles. The number of halogens is 2. The van der Waals surface area contributed by atoms with Crippen molar-refractivity contribution in [2.24, 2.45) is 5.92 Å². The zero-order valence-corrected chi connectivity index (χ0v) is 11.3. The minimum absolute atomic E-state index is 0.227. The molecule has 1 aromatic rings. The fraction of sp³-hybridized carbons (Fsp3) is 0.462. The number of carbonyl (C=O) groups excluding carboxylic acids is 1. The molecule has 0 saturated carbocycles. The van der Waals surface area contributed by atoms with Crippen LogP contribution in [0.1, 0.15) is 37.0 Å². The molecule has 1 amide bonds. The molecule has 0 bridgehead atoms. The van der Waals surface area contributed by atoms with E-state index in [2.05, 4.69) is 5.32 Å². The molecule has 0 saturated heterocycles. The van der Waals surface area contributed by atoms with Crippen molar-refractivity contribution in [3.8, 4) is 0 Å². The molecule has 0 aliphatic rings. The molecule has 1 N–H and O–H groups in total. The molecule has 0 atom stereocenters. The summed E-state index contributed by atoms with van der Waals surface area (Å²) in [6, 6.07) is 1.11. The van der Waals surface area contributed by atoms with Crippen LogP contribution in [0.25, 0.3) is 0 Å². The Morgan fingerprint density at radius 2 is 1.95 bits per heavy atom. The normalized spacial score (nSPS) is 10.7. The number of nitrogens with one attached hydrogen (secondary N) is 1. The van der Waals surface area contributed by atoms with E-state index in [0.29, 0.717) is 18.7 Å². The Bertz CT molecular complexity index is 517. The second-order valence-corrected chi connectivity index (χ2v) is 4.44. The maximum atomic E-state index is 13.8. The molecule has 1 rings (SSSR count). The van der Waals surface area contributed by atoms with Crippen LogP contribution in [-0.4, -0.2) is 17.4 Å². The Hall–Kier alpha value is -2.05. The zero-order chi connectivity index (χ0) is 15.3. The van der Waals surface area contributed by atoms with E-state index in [9.17, 15) is 23.7 Å². The zero-order valence-electron chi connectivity index (χ0n) is 11.3. The smallest absolute Gasteiger partial charge is 0.308 e. The van der Waals surface area contributed by atoms with Gasteiger partial charge in [-0.2, -0.15) is 4.39 Å². The third-order valence-electron chi connectivity index (χ3n) is 3.17. The molecule has 0 heterocycles. The van der Waals surface area contributed by atoms with E-state index in [4.69, 9.17) is 0 Å². The van der Waals surface area contributed by atoms with Crippen molar-refractivity contribution < 1.29 is 18.5 Å². The van der Waals surface area contributed by atoms with Gasteiger partial charge in [0.1, 0.15) is 5.82 Å². The Morgan fingerprint density at radius 1 is 1.35 bits per heavy atom. The number of nitro groups is 1. The number of rotatable bonds is 6. The maximum Gasteiger partial charge on any atom is 0.308 e. The summed E-state index contributed by atoms with van der Waals surface area (Å²) in [6.07, 6.45) is 1.67. The molecule has 0 spiro atoms. The molecule has 0 radical (unpaired) electrons. The van der Waals surface area contributed by atoms with Gasteiger partial charge in [-0.15, -0.1) is 0 Å². The predicted molar refractivity (Wildman–Crippen MR) is 69.4 cm³/mol. The first-order valence-electron chi connectivity index (χ1n) is 6.32. The summed E-state index contributed by atoms with van der Waals surface area (Å²) in [5.41, 5.74) is -1.69. The van der Waals surface area contributed by atoms with Crippen LogP contribution >= 0.6 is 0 Å². The third-order valence-corrected chi connectivity index (χ3v) is 3.17. The SMILES string of the molecule is CCC(CC)CNC(=O)c1cc(F)cc([N+](=O)[O-])c1F. The van der Waals surface area contributed by atoms with Gasteiger partial charge in [-0.1, -0.05) is 26.7 Å². The summed E-state index contributed by atoms with van der Waals surface area (Å²) in [4.78, 5) is 21.3. The molecule has 110 valence electrons. The van der Waals surface area contributed by atoms with Gasteiger partial charge in [-0.25, -0.2) is 4.39 Å². The Kier molecular flexibility index (Phi) is 5.54. The lowest BCUT2D eigenvalue weighted by atomic mass is 10.0. The minimum atomic E-state index is -1.32. The minimum Gasteiger partial charge on any atom is -0.352 e. The van der Waals surface area contributed by atoms with Crippen LogP contribution in [0.3, 0.4) is 0 Å². The van der Waals surface area contributed by atoms with Crippen LogP contribution in [-0.2, 0) is 0 Å². The summed E-state index contributed by atoms with van der Waals surface area (Å²) in [5, 5.41) is 13.0. The van der Waals surface area contributed by atoms with E-state index in [-0.39, 0.29) is 5.92 Å². The van der Waals surface area contributed by atoms with Crippen molar-refractivity contribution >= 4 is 11.6 Å². The van der Waals surface area contributed by atoms with Crippen LogP contribution in [0.15, 0.2) is 12.1 Å². The van der Waals surface area contributed by atoms with Crippen molar-refractivity contribution in [2.45, 2.75) is 26.7 Å². The molecular formula is C13H16F2N2O3. The number of nitro benzene ring substituents is 1. The number of hydrogen-bond donors (Lipinski definition) is 1. The van der Waals surface area contributed by atoms with Crippen LogP contribution in [0.2, 0.25) is 0 Å². The van der Waals surface area contributed by atoms with E-state index in [1.807, 2.05) is 13.8 Å². The summed E-state index contributed by atoms with van der Waals surface area (Å²) < 4.78 is 27.0. The average molecular weight is 286 g/mol. The lowest BCUT2D eigenvalue weighted by Crippen LogP contribution is -2.29. The highest BCUT2D eigenvalue weighted by atomic mass is 19.1. The van der Waals surface area contributed by atoms with Crippen molar-refractivity contribution in [2.75, 3.05) is 6.54 Å².